The molecule has 26 heavy (non-hydrogen) atoms. The second-order valence-corrected chi connectivity index (χ2v) is 10.9. The lowest BCUT2D eigenvalue weighted by Crippen LogP contribution is -2.26. The zero-order valence-electron chi connectivity index (χ0n) is 16.2. The van der Waals surface area contributed by atoms with Crippen molar-refractivity contribution in [1.82, 2.24) is 4.98 Å². The first-order valence-corrected chi connectivity index (χ1v) is 11.6. The van der Waals surface area contributed by atoms with E-state index in [1.165, 1.54) is 30.2 Å². The maximum absolute atomic E-state index is 12.1. The van der Waals surface area contributed by atoms with Crippen molar-refractivity contribution in [3.05, 3.63) is 41.6 Å². The number of hydrogen-bond donors (Lipinski definition) is 0. The van der Waals surface area contributed by atoms with Crippen molar-refractivity contribution in [3.63, 3.8) is 0 Å². The Bertz CT molecular complexity index is 850. The van der Waals surface area contributed by atoms with Gasteiger partial charge in [0.25, 0.3) is 0 Å². The summed E-state index contributed by atoms with van der Waals surface area (Å²) in [6.45, 7) is 5.61. The number of sulfone groups is 1. The van der Waals surface area contributed by atoms with Crippen LogP contribution in [0, 0.1) is 18.8 Å². The van der Waals surface area contributed by atoms with Crippen LogP contribution in [-0.2, 0) is 16.3 Å². The van der Waals surface area contributed by atoms with E-state index in [1.807, 2.05) is 6.92 Å². The molecule has 3 nitrogen and oxygen atoms in total. The average molecular weight is 374 g/mol. The Kier molecular flexibility index (Phi) is 6.01. The molecular formula is C22H31NO2S. The van der Waals surface area contributed by atoms with Crippen LogP contribution in [0.1, 0.15) is 57.2 Å². The number of benzene rings is 1. The second-order valence-electron chi connectivity index (χ2n) is 8.28. The van der Waals surface area contributed by atoms with Gasteiger partial charge >= 0.3 is 0 Å². The van der Waals surface area contributed by atoms with Gasteiger partial charge in [0.2, 0.25) is 0 Å². The standard InChI is InChI=1S/C22H31NO2S/c1-16(2)26(24,25)15-20-9-6-18(7-10-20)5-8-19-11-13-22-21(14-19)12-4-17(3)23-22/h4,11-14,16,18,20H,5-10,15H2,1-3H3. The third-order valence-electron chi connectivity index (χ3n) is 5.89. The summed E-state index contributed by atoms with van der Waals surface area (Å²) >= 11 is 0. The molecule has 0 unspecified atom stereocenters. The summed E-state index contributed by atoms with van der Waals surface area (Å²) in [6.07, 6.45) is 6.78. The molecule has 2 aromatic rings. The van der Waals surface area contributed by atoms with Gasteiger partial charge in [-0.25, -0.2) is 8.42 Å². The zero-order chi connectivity index (χ0) is 18.7. The van der Waals surface area contributed by atoms with E-state index >= 15 is 0 Å². The van der Waals surface area contributed by atoms with Crippen molar-refractivity contribution in [2.24, 2.45) is 11.8 Å². The normalized spacial score (nSPS) is 21.4. The first-order chi connectivity index (χ1) is 12.3. The Morgan fingerprint density at radius 1 is 1.04 bits per heavy atom. The van der Waals surface area contributed by atoms with Crippen LogP contribution in [0.5, 0.6) is 0 Å². The number of rotatable bonds is 6. The zero-order valence-corrected chi connectivity index (χ0v) is 17.1. The maximum Gasteiger partial charge on any atom is 0.152 e. The van der Waals surface area contributed by atoms with Gasteiger partial charge in [-0.15, -0.1) is 0 Å². The van der Waals surface area contributed by atoms with Crippen molar-refractivity contribution in [1.29, 1.82) is 0 Å². The maximum atomic E-state index is 12.1. The molecule has 0 saturated heterocycles. The Morgan fingerprint density at radius 3 is 2.42 bits per heavy atom. The summed E-state index contributed by atoms with van der Waals surface area (Å²) in [5.41, 5.74) is 3.51. The van der Waals surface area contributed by atoms with Gasteiger partial charge in [0.15, 0.2) is 9.84 Å². The third kappa shape index (κ3) is 4.85. The quantitative estimate of drug-likeness (QED) is 0.707. The minimum Gasteiger partial charge on any atom is -0.253 e. The highest BCUT2D eigenvalue weighted by atomic mass is 32.2. The molecule has 1 aromatic carbocycles. The van der Waals surface area contributed by atoms with E-state index in [2.05, 4.69) is 35.3 Å². The molecule has 1 saturated carbocycles. The first-order valence-electron chi connectivity index (χ1n) is 9.91. The van der Waals surface area contributed by atoms with E-state index in [1.54, 1.807) is 13.8 Å². The van der Waals surface area contributed by atoms with Crippen LogP contribution in [0.4, 0.5) is 0 Å². The van der Waals surface area contributed by atoms with Crippen LogP contribution in [0.15, 0.2) is 30.3 Å². The highest BCUT2D eigenvalue weighted by Crippen LogP contribution is 2.33. The minimum absolute atomic E-state index is 0.244. The molecule has 1 heterocycles. The molecule has 0 N–H and O–H groups in total. The molecule has 1 fully saturated rings. The van der Waals surface area contributed by atoms with Crippen molar-refractivity contribution in [2.75, 3.05) is 5.75 Å². The summed E-state index contributed by atoms with van der Waals surface area (Å²) in [6, 6.07) is 10.8. The lowest BCUT2D eigenvalue weighted by molar-refractivity contribution is 0.278. The largest absolute Gasteiger partial charge is 0.253 e. The fraction of sp³-hybridized carbons (Fsp3) is 0.591. The first kappa shape index (κ1) is 19.3. The summed E-state index contributed by atoms with van der Waals surface area (Å²) in [5, 5.41) is 0.974. The van der Waals surface area contributed by atoms with Crippen LogP contribution in [0.2, 0.25) is 0 Å². The van der Waals surface area contributed by atoms with Gasteiger partial charge in [-0.3, -0.25) is 4.98 Å². The van der Waals surface area contributed by atoms with E-state index in [-0.39, 0.29) is 5.25 Å². The summed E-state index contributed by atoms with van der Waals surface area (Å²) in [7, 11) is -2.90. The van der Waals surface area contributed by atoms with Crippen LogP contribution in [0.25, 0.3) is 10.9 Å². The molecule has 4 heteroatoms. The third-order valence-corrected chi connectivity index (χ3v) is 8.26. The molecule has 0 bridgehead atoms. The summed E-state index contributed by atoms with van der Waals surface area (Å²) in [5.74, 6) is 1.49. The molecule has 142 valence electrons. The topological polar surface area (TPSA) is 47.0 Å². The number of nitrogens with zero attached hydrogens (tertiary/aromatic N) is 1. The molecule has 1 aromatic heterocycles. The van der Waals surface area contributed by atoms with Gasteiger partial charge < -0.3 is 0 Å². The molecule has 3 rings (SSSR count). The van der Waals surface area contributed by atoms with Gasteiger partial charge in [0.1, 0.15) is 0 Å². The average Bonchev–Trinajstić information content (AvgIpc) is 2.60. The fourth-order valence-electron chi connectivity index (χ4n) is 4.01. The van der Waals surface area contributed by atoms with Crippen molar-refractivity contribution in [3.8, 4) is 0 Å². The van der Waals surface area contributed by atoms with E-state index in [4.69, 9.17) is 0 Å². The molecule has 0 radical (unpaired) electrons. The van der Waals surface area contributed by atoms with Crippen LogP contribution in [-0.4, -0.2) is 24.4 Å². The Hall–Kier alpha value is -1.42. The summed E-state index contributed by atoms with van der Waals surface area (Å²) in [4.78, 5) is 4.57. The Morgan fingerprint density at radius 2 is 1.73 bits per heavy atom. The smallest absolute Gasteiger partial charge is 0.152 e. The molecule has 0 aliphatic heterocycles. The van der Waals surface area contributed by atoms with Crippen molar-refractivity contribution < 1.29 is 8.42 Å². The van der Waals surface area contributed by atoms with Gasteiger partial charge in [-0.1, -0.05) is 25.0 Å². The van der Waals surface area contributed by atoms with Gasteiger partial charge in [0, 0.05) is 11.1 Å². The van der Waals surface area contributed by atoms with E-state index < -0.39 is 9.84 Å². The predicted molar refractivity (Wildman–Crippen MR) is 109 cm³/mol. The second kappa shape index (κ2) is 8.08. The van der Waals surface area contributed by atoms with Gasteiger partial charge in [0.05, 0.1) is 16.5 Å². The van der Waals surface area contributed by atoms with Crippen LogP contribution >= 0.6 is 0 Å². The van der Waals surface area contributed by atoms with Crippen molar-refractivity contribution in [2.45, 2.75) is 64.5 Å². The number of fused-ring (bicyclic) bond motifs is 1. The lowest BCUT2D eigenvalue weighted by atomic mass is 9.80. The van der Waals surface area contributed by atoms with Crippen molar-refractivity contribution >= 4 is 20.7 Å². The van der Waals surface area contributed by atoms with Crippen LogP contribution in [0.3, 0.4) is 0 Å². The van der Waals surface area contributed by atoms with E-state index in [0.717, 1.165) is 36.4 Å². The fourth-order valence-corrected chi connectivity index (χ4v) is 5.39. The van der Waals surface area contributed by atoms with E-state index in [9.17, 15) is 8.42 Å². The van der Waals surface area contributed by atoms with Gasteiger partial charge in [-0.2, -0.15) is 0 Å². The molecular weight excluding hydrogens is 342 g/mol. The van der Waals surface area contributed by atoms with E-state index in [0.29, 0.717) is 11.7 Å². The monoisotopic (exact) mass is 373 g/mol. The highest BCUT2D eigenvalue weighted by molar-refractivity contribution is 7.91. The number of aryl methyl sites for hydroxylation is 2. The molecule has 0 amide bonds. The molecule has 1 aliphatic rings. The predicted octanol–water partition coefficient (Wildman–Crippen LogP) is 5.11. The minimum atomic E-state index is -2.90. The molecule has 0 spiro atoms. The van der Waals surface area contributed by atoms with Crippen LogP contribution < -0.4 is 0 Å². The lowest BCUT2D eigenvalue weighted by Gasteiger charge is -2.28. The molecule has 1 aliphatic carbocycles. The number of pyridine rings is 1. The number of hydrogen-bond acceptors (Lipinski definition) is 3. The Balaban J connectivity index is 1.50. The summed E-state index contributed by atoms with van der Waals surface area (Å²) < 4.78 is 24.2. The highest BCUT2D eigenvalue weighted by Gasteiger charge is 2.27. The SMILES string of the molecule is Cc1ccc2cc(CCC3CCC(CS(=O)(=O)C(C)C)CC3)ccc2n1. The molecule has 0 atom stereocenters. The number of aromatic nitrogens is 1. The van der Waals surface area contributed by atoms with Gasteiger partial charge in [-0.05, 0) is 82.1 Å². The Labute approximate surface area is 158 Å².